The molecule has 2 aliphatic rings. The fourth-order valence-corrected chi connectivity index (χ4v) is 6.02. The van der Waals surface area contributed by atoms with Crippen molar-refractivity contribution in [2.24, 2.45) is 7.05 Å². The molecule has 6 rings (SSSR count). The van der Waals surface area contributed by atoms with Gasteiger partial charge >= 0.3 is 6.18 Å². The molecule has 1 fully saturated rings. The molecular weight excluding hydrogens is 633 g/mol. The van der Waals surface area contributed by atoms with E-state index < -0.39 is 30.1 Å². The Morgan fingerprint density at radius 2 is 1.79 bits per heavy atom. The number of piperidine rings is 1. The van der Waals surface area contributed by atoms with E-state index in [1.54, 1.807) is 46.8 Å². The average Bonchev–Trinajstić information content (AvgIpc) is 3.63. The molecule has 1 amide bonds. The summed E-state index contributed by atoms with van der Waals surface area (Å²) in [4.78, 5) is 21.3. The van der Waals surface area contributed by atoms with Gasteiger partial charge in [-0.3, -0.25) is 14.6 Å². The fraction of sp³-hybridized carbons (Fsp3) is 0.333. The van der Waals surface area contributed by atoms with E-state index in [2.05, 4.69) is 26.6 Å². The number of hydrogen-bond donors (Lipinski definition) is 1. The van der Waals surface area contributed by atoms with Crippen LogP contribution in [0.25, 0.3) is 22.5 Å². The van der Waals surface area contributed by atoms with Gasteiger partial charge in [0.15, 0.2) is 5.82 Å². The van der Waals surface area contributed by atoms with Crippen molar-refractivity contribution in [3.05, 3.63) is 76.6 Å². The highest BCUT2D eigenvalue weighted by atomic mass is 19.4. The van der Waals surface area contributed by atoms with E-state index in [0.717, 1.165) is 11.0 Å². The number of carbonyl (C=O) groups is 1. The molecule has 1 saturated heterocycles. The Bertz CT molecular complexity index is 1970. The SMILES string of the molecule is Cn1cnnc1-c1ccc(C#N)cc1-c1cc(NCCC#N)nc(N2Cc3c(cc(CN4CCC(F)(F)CC4)cc3C(F)(F)F)C2=O)c1. The summed E-state index contributed by atoms with van der Waals surface area (Å²) in [6, 6.07) is 14.7. The van der Waals surface area contributed by atoms with E-state index in [-0.39, 0.29) is 73.8 Å². The fourth-order valence-electron chi connectivity index (χ4n) is 6.02. The summed E-state index contributed by atoms with van der Waals surface area (Å²) in [5, 5.41) is 29.9. The van der Waals surface area contributed by atoms with Crippen molar-refractivity contribution in [2.45, 2.75) is 44.5 Å². The van der Waals surface area contributed by atoms with Gasteiger partial charge in [-0.2, -0.15) is 23.7 Å². The average molecular weight is 662 g/mol. The molecule has 10 nitrogen and oxygen atoms in total. The number of aromatic nitrogens is 4. The van der Waals surface area contributed by atoms with Gasteiger partial charge < -0.3 is 9.88 Å². The second-order valence-electron chi connectivity index (χ2n) is 11.8. The van der Waals surface area contributed by atoms with Crippen LogP contribution in [0.5, 0.6) is 0 Å². The van der Waals surface area contributed by atoms with E-state index in [1.807, 2.05) is 6.07 Å². The molecule has 2 aromatic heterocycles. The number of anilines is 2. The lowest BCUT2D eigenvalue weighted by molar-refractivity contribution is -0.138. The molecule has 2 aromatic carbocycles. The number of hydrogen-bond acceptors (Lipinski definition) is 8. The van der Waals surface area contributed by atoms with E-state index in [0.29, 0.717) is 28.1 Å². The van der Waals surface area contributed by atoms with Gasteiger partial charge in [0.05, 0.1) is 36.2 Å². The molecule has 0 radical (unpaired) electrons. The van der Waals surface area contributed by atoms with Crippen LogP contribution in [-0.2, 0) is 26.3 Å². The maximum atomic E-state index is 14.4. The van der Waals surface area contributed by atoms with E-state index in [9.17, 15) is 32.0 Å². The Labute approximate surface area is 272 Å². The highest BCUT2D eigenvalue weighted by molar-refractivity contribution is 6.10. The predicted octanol–water partition coefficient (Wildman–Crippen LogP) is 6.15. The van der Waals surface area contributed by atoms with Gasteiger partial charge in [-0.05, 0) is 64.7 Å². The van der Waals surface area contributed by atoms with Crippen molar-refractivity contribution < 1.29 is 26.7 Å². The van der Waals surface area contributed by atoms with Gasteiger partial charge in [-0.25, -0.2) is 13.8 Å². The number of aryl methyl sites for hydroxylation is 1. The second-order valence-corrected chi connectivity index (χ2v) is 11.8. The summed E-state index contributed by atoms with van der Waals surface area (Å²) in [6.45, 7) is -0.179. The molecule has 2 aliphatic heterocycles. The van der Waals surface area contributed by atoms with Crippen LogP contribution in [0, 0.1) is 22.7 Å². The quantitative estimate of drug-likeness (QED) is 0.176. The first kappa shape index (κ1) is 32.5. The predicted molar refractivity (Wildman–Crippen MR) is 165 cm³/mol. The third-order valence-corrected chi connectivity index (χ3v) is 8.44. The first-order valence-electron chi connectivity index (χ1n) is 15.0. The van der Waals surface area contributed by atoms with E-state index in [1.165, 1.54) is 12.4 Å². The molecule has 15 heteroatoms. The molecule has 246 valence electrons. The molecule has 0 aliphatic carbocycles. The van der Waals surface area contributed by atoms with Crippen molar-refractivity contribution in [3.8, 4) is 34.7 Å². The number of pyridine rings is 1. The minimum absolute atomic E-state index is 0.0134. The smallest absolute Gasteiger partial charge is 0.369 e. The second kappa shape index (κ2) is 12.7. The maximum Gasteiger partial charge on any atom is 0.416 e. The number of alkyl halides is 5. The van der Waals surface area contributed by atoms with Crippen molar-refractivity contribution in [1.29, 1.82) is 10.5 Å². The zero-order valence-corrected chi connectivity index (χ0v) is 25.7. The first-order chi connectivity index (χ1) is 22.9. The van der Waals surface area contributed by atoms with Crippen LogP contribution < -0.4 is 10.2 Å². The Morgan fingerprint density at radius 3 is 2.46 bits per heavy atom. The number of fused-ring (bicyclic) bond motifs is 1. The summed E-state index contributed by atoms with van der Waals surface area (Å²) >= 11 is 0. The number of halogens is 5. The number of carbonyl (C=O) groups excluding carboxylic acids is 1. The Morgan fingerprint density at radius 1 is 1.02 bits per heavy atom. The van der Waals surface area contributed by atoms with Crippen LogP contribution in [-0.4, -0.2) is 56.1 Å². The number of nitrogens with one attached hydrogen (secondary N) is 1. The van der Waals surface area contributed by atoms with Gasteiger partial charge in [-0.15, -0.1) is 10.2 Å². The van der Waals surface area contributed by atoms with Gasteiger partial charge in [0.1, 0.15) is 18.0 Å². The summed E-state index contributed by atoms with van der Waals surface area (Å²) in [5.74, 6) is -2.72. The largest absolute Gasteiger partial charge is 0.416 e. The lowest BCUT2D eigenvalue weighted by Crippen LogP contribution is -2.38. The maximum absolute atomic E-state index is 14.4. The molecule has 4 heterocycles. The highest BCUT2D eigenvalue weighted by Crippen LogP contribution is 2.41. The zero-order chi connectivity index (χ0) is 34.2. The van der Waals surface area contributed by atoms with Crippen LogP contribution in [0.2, 0.25) is 0 Å². The van der Waals surface area contributed by atoms with Crippen LogP contribution >= 0.6 is 0 Å². The molecule has 0 bridgehead atoms. The third-order valence-electron chi connectivity index (χ3n) is 8.44. The van der Waals surface area contributed by atoms with Crippen molar-refractivity contribution in [3.63, 3.8) is 0 Å². The number of likely N-dealkylation sites (tertiary alicyclic amines) is 1. The summed E-state index contributed by atoms with van der Waals surface area (Å²) in [6.07, 6.45) is -3.92. The minimum Gasteiger partial charge on any atom is -0.369 e. The van der Waals surface area contributed by atoms with Crippen LogP contribution in [0.1, 0.15) is 51.9 Å². The molecule has 0 atom stereocenters. The molecule has 0 unspecified atom stereocenters. The van der Waals surface area contributed by atoms with E-state index >= 15 is 0 Å². The van der Waals surface area contributed by atoms with Crippen LogP contribution in [0.3, 0.4) is 0 Å². The van der Waals surface area contributed by atoms with Crippen LogP contribution in [0.15, 0.2) is 48.8 Å². The molecule has 48 heavy (non-hydrogen) atoms. The number of amides is 1. The lowest BCUT2D eigenvalue weighted by atomic mass is 9.97. The standard InChI is InChI=1S/C33H28F5N9O/c1-45-19-42-44-30(45)23-4-3-20(16-40)11-24(23)22-14-28(41-8-2-7-39)43-29(15-22)47-18-26-25(31(47)48)12-21(13-27(26)33(36,37)38)17-46-9-5-32(34,35)6-10-46/h3-4,11-15,19H,2,5-6,8-10,17-18H2,1H3,(H,41,43). The van der Waals surface area contributed by atoms with Crippen molar-refractivity contribution >= 4 is 17.5 Å². The zero-order valence-electron chi connectivity index (χ0n) is 25.7. The highest BCUT2D eigenvalue weighted by Gasteiger charge is 2.41. The minimum atomic E-state index is -4.78. The number of rotatable bonds is 8. The Hall–Kier alpha value is -5.41. The molecule has 1 N–H and O–H groups in total. The number of nitriles is 2. The monoisotopic (exact) mass is 661 g/mol. The summed E-state index contributed by atoms with van der Waals surface area (Å²) in [7, 11) is 1.75. The Kier molecular flexibility index (Phi) is 8.57. The lowest BCUT2D eigenvalue weighted by Gasteiger charge is -2.31. The summed E-state index contributed by atoms with van der Waals surface area (Å²) in [5.41, 5.74) is 0.830. The Balaban J connectivity index is 1.42. The van der Waals surface area contributed by atoms with Crippen molar-refractivity contribution in [1.82, 2.24) is 24.6 Å². The first-order valence-corrected chi connectivity index (χ1v) is 15.0. The van der Waals surface area contributed by atoms with E-state index in [4.69, 9.17) is 5.26 Å². The molecular formula is C33H28F5N9O. The van der Waals surface area contributed by atoms with Gasteiger partial charge in [-0.1, -0.05) is 0 Å². The molecule has 0 saturated carbocycles. The topological polar surface area (TPSA) is 127 Å². The normalized spacial score (nSPS) is 16.0. The van der Waals surface area contributed by atoms with Crippen molar-refractivity contribution in [2.75, 3.05) is 29.9 Å². The number of benzene rings is 2. The van der Waals surface area contributed by atoms with Gasteiger partial charge in [0.25, 0.3) is 11.8 Å². The van der Waals surface area contributed by atoms with Gasteiger partial charge in [0, 0.05) is 57.2 Å². The molecule has 4 aromatic rings. The van der Waals surface area contributed by atoms with Crippen LogP contribution in [0.4, 0.5) is 33.6 Å². The number of nitrogens with zero attached hydrogens (tertiary/aromatic N) is 8. The summed E-state index contributed by atoms with van der Waals surface area (Å²) < 4.78 is 72.4. The third kappa shape index (κ3) is 6.55. The molecule has 0 spiro atoms. The van der Waals surface area contributed by atoms with Gasteiger partial charge in [0.2, 0.25) is 0 Å².